The van der Waals surface area contributed by atoms with Crippen molar-refractivity contribution in [3.8, 4) is 17.6 Å². The predicted octanol–water partition coefficient (Wildman–Crippen LogP) is 6.28. The zero-order valence-electron chi connectivity index (χ0n) is 18.3. The minimum Gasteiger partial charge on any atom is -0.493 e. The van der Waals surface area contributed by atoms with Gasteiger partial charge in [-0.2, -0.15) is 13.7 Å². The van der Waals surface area contributed by atoms with E-state index in [0.717, 1.165) is 5.56 Å². The van der Waals surface area contributed by atoms with Gasteiger partial charge in [0.05, 0.1) is 22.8 Å². The van der Waals surface area contributed by atoms with Gasteiger partial charge in [0, 0.05) is 5.02 Å². The molecule has 0 aliphatic heterocycles. The van der Waals surface area contributed by atoms with E-state index in [0.29, 0.717) is 5.02 Å². The van der Waals surface area contributed by atoms with E-state index in [2.05, 4.69) is 5.32 Å². The maximum atomic E-state index is 12.7. The third-order valence-corrected chi connectivity index (χ3v) is 6.69. The number of hydrogen-bond donors (Lipinski definition) is 1. The zero-order chi connectivity index (χ0) is 25.8. The first-order valence-corrected chi connectivity index (χ1v) is 12.3. The van der Waals surface area contributed by atoms with Crippen LogP contribution < -0.4 is 14.2 Å². The van der Waals surface area contributed by atoms with Crippen molar-refractivity contribution in [3.63, 3.8) is 0 Å². The summed E-state index contributed by atoms with van der Waals surface area (Å²) in [5.74, 6) is -0.996. The molecule has 0 aromatic heterocycles. The van der Waals surface area contributed by atoms with Crippen molar-refractivity contribution >= 4 is 62.6 Å². The molecule has 0 saturated heterocycles. The summed E-state index contributed by atoms with van der Waals surface area (Å²) < 4.78 is 35.9. The molecule has 0 aliphatic rings. The molecule has 3 aromatic rings. The van der Waals surface area contributed by atoms with Crippen LogP contribution >= 0.6 is 34.8 Å². The fourth-order valence-electron chi connectivity index (χ4n) is 2.86. The summed E-state index contributed by atoms with van der Waals surface area (Å²) in [6.45, 7) is 1.82. The van der Waals surface area contributed by atoms with Gasteiger partial charge < -0.3 is 14.2 Å². The minimum atomic E-state index is -4.20. The number of nitriles is 1. The summed E-state index contributed by atoms with van der Waals surface area (Å²) in [7, 11) is -2.91. The van der Waals surface area contributed by atoms with Gasteiger partial charge in [-0.1, -0.05) is 52.5 Å². The van der Waals surface area contributed by atoms with Crippen molar-refractivity contribution < 1.29 is 22.1 Å². The van der Waals surface area contributed by atoms with E-state index < -0.39 is 16.0 Å². The van der Waals surface area contributed by atoms with Crippen LogP contribution in [0.1, 0.15) is 11.1 Å². The van der Waals surface area contributed by atoms with Crippen LogP contribution in [0.2, 0.25) is 15.1 Å². The third kappa shape index (κ3) is 6.47. The molecule has 0 bridgehead atoms. The predicted molar refractivity (Wildman–Crippen MR) is 136 cm³/mol. The van der Waals surface area contributed by atoms with Crippen molar-refractivity contribution in [1.82, 2.24) is 0 Å². The Morgan fingerprint density at radius 2 is 1.71 bits per heavy atom. The van der Waals surface area contributed by atoms with Crippen LogP contribution in [0.3, 0.4) is 0 Å². The van der Waals surface area contributed by atoms with E-state index in [1.54, 1.807) is 24.3 Å². The summed E-state index contributed by atoms with van der Waals surface area (Å²) in [6, 6.07) is 15.1. The molecular weight excluding hydrogens is 535 g/mol. The summed E-state index contributed by atoms with van der Waals surface area (Å²) in [6.07, 6.45) is 1.25. The zero-order valence-corrected chi connectivity index (χ0v) is 21.4. The molecule has 0 heterocycles. The van der Waals surface area contributed by atoms with Gasteiger partial charge in [0.1, 0.15) is 16.5 Å². The third-order valence-electron chi connectivity index (χ3n) is 4.61. The topological polar surface area (TPSA) is 105 Å². The van der Waals surface area contributed by atoms with Crippen LogP contribution in [0.4, 0.5) is 5.69 Å². The van der Waals surface area contributed by atoms with E-state index in [4.69, 9.17) is 43.7 Å². The molecule has 0 unspecified atom stereocenters. The highest BCUT2D eigenvalue weighted by atomic mass is 35.5. The molecule has 11 heteroatoms. The number of carbonyl (C=O) groups excluding carboxylic acids is 1. The number of hydrogen-bond acceptors (Lipinski definition) is 6. The van der Waals surface area contributed by atoms with Gasteiger partial charge in [0.2, 0.25) is 5.75 Å². The fourth-order valence-corrected chi connectivity index (χ4v) is 4.46. The molecular formula is C24H17Cl3N2O5S. The Balaban J connectivity index is 1.92. The van der Waals surface area contributed by atoms with Gasteiger partial charge in [-0.3, -0.25) is 4.79 Å². The second-order valence-corrected chi connectivity index (χ2v) is 9.93. The highest BCUT2D eigenvalue weighted by Crippen LogP contribution is 2.39. The Morgan fingerprint density at radius 3 is 2.34 bits per heavy atom. The van der Waals surface area contributed by atoms with E-state index in [9.17, 15) is 18.5 Å². The van der Waals surface area contributed by atoms with Crippen LogP contribution in [-0.2, 0) is 14.9 Å². The lowest BCUT2D eigenvalue weighted by Gasteiger charge is -2.13. The second kappa shape index (κ2) is 11.0. The maximum Gasteiger partial charge on any atom is 0.339 e. The van der Waals surface area contributed by atoms with Crippen molar-refractivity contribution in [1.29, 1.82) is 5.26 Å². The van der Waals surface area contributed by atoms with Crippen molar-refractivity contribution in [2.75, 3.05) is 12.4 Å². The Hall–Kier alpha value is -3.22. The van der Waals surface area contributed by atoms with Crippen LogP contribution in [0.25, 0.3) is 6.08 Å². The summed E-state index contributed by atoms with van der Waals surface area (Å²) in [5, 5.41) is 12.5. The highest BCUT2D eigenvalue weighted by molar-refractivity contribution is 7.87. The average Bonchev–Trinajstić information content (AvgIpc) is 2.81. The molecule has 0 radical (unpaired) electrons. The maximum absolute atomic E-state index is 12.7. The number of rotatable bonds is 7. The highest BCUT2D eigenvalue weighted by Gasteiger charge is 2.22. The number of anilines is 1. The molecule has 0 saturated carbocycles. The number of aryl methyl sites for hydroxylation is 1. The van der Waals surface area contributed by atoms with Gasteiger partial charge in [-0.15, -0.1) is 0 Å². The largest absolute Gasteiger partial charge is 0.493 e. The Labute approximate surface area is 217 Å². The SMILES string of the molecule is COc1cc(/C=C(\C#N)C(=O)Nc2cc(Cl)ccc2Cl)cc(Cl)c1OS(=O)(=O)c1ccc(C)cc1. The normalized spacial score (nSPS) is 11.5. The second-order valence-electron chi connectivity index (χ2n) is 7.13. The number of amides is 1. The first kappa shape index (κ1) is 26.4. The molecule has 35 heavy (non-hydrogen) atoms. The van der Waals surface area contributed by atoms with E-state index >= 15 is 0 Å². The molecule has 0 atom stereocenters. The lowest BCUT2D eigenvalue weighted by molar-refractivity contribution is -0.112. The Morgan fingerprint density at radius 1 is 1.03 bits per heavy atom. The molecule has 0 aliphatic carbocycles. The van der Waals surface area contributed by atoms with Crippen molar-refractivity contribution in [3.05, 3.63) is 86.4 Å². The van der Waals surface area contributed by atoms with Crippen molar-refractivity contribution in [2.24, 2.45) is 0 Å². The molecule has 1 amide bonds. The lowest BCUT2D eigenvalue weighted by Crippen LogP contribution is -2.14. The number of nitrogens with zero attached hydrogens (tertiary/aromatic N) is 1. The Bertz CT molecular complexity index is 1460. The number of methoxy groups -OCH3 is 1. The fraction of sp³-hybridized carbons (Fsp3) is 0.0833. The van der Waals surface area contributed by atoms with Crippen molar-refractivity contribution in [2.45, 2.75) is 11.8 Å². The number of carbonyl (C=O) groups is 1. The van der Waals surface area contributed by atoms with Gasteiger partial charge in [-0.05, 0) is 61.0 Å². The Kier molecular flexibility index (Phi) is 8.30. The number of benzene rings is 3. The van der Waals surface area contributed by atoms with Gasteiger partial charge in [-0.25, -0.2) is 0 Å². The quantitative estimate of drug-likeness (QED) is 0.211. The van der Waals surface area contributed by atoms with Crippen LogP contribution in [0, 0.1) is 18.3 Å². The molecule has 3 rings (SSSR count). The number of ether oxygens (including phenoxy) is 1. The standard InChI is InChI=1S/C24H17Cl3N2O5S/c1-14-3-6-18(7-4-14)35(31,32)34-23-20(27)10-15(11-22(23)33-2)9-16(13-28)24(30)29-21-12-17(25)5-8-19(21)26/h3-12H,1-2H3,(H,29,30)/b16-9+. The van der Waals surface area contributed by atoms with Gasteiger partial charge in [0.15, 0.2) is 5.75 Å². The summed E-state index contributed by atoms with van der Waals surface area (Å²) in [5.41, 5.74) is 1.12. The molecule has 180 valence electrons. The molecule has 7 nitrogen and oxygen atoms in total. The monoisotopic (exact) mass is 550 g/mol. The molecule has 1 N–H and O–H groups in total. The molecule has 0 spiro atoms. The first-order valence-electron chi connectivity index (χ1n) is 9.81. The van der Waals surface area contributed by atoms with Gasteiger partial charge >= 0.3 is 10.1 Å². The van der Waals surface area contributed by atoms with E-state index in [-0.39, 0.29) is 43.3 Å². The van der Waals surface area contributed by atoms with Crippen LogP contribution in [0.5, 0.6) is 11.5 Å². The van der Waals surface area contributed by atoms with E-state index in [1.807, 2.05) is 6.92 Å². The molecule has 3 aromatic carbocycles. The average molecular weight is 552 g/mol. The molecule has 0 fully saturated rings. The number of nitrogens with one attached hydrogen (secondary N) is 1. The summed E-state index contributed by atoms with van der Waals surface area (Å²) in [4.78, 5) is 12.6. The summed E-state index contributed by atoms with van der Waals surface area (Å²) >= 11 is 18.3. The van der Waals surface area contributed by atoms with E-state index in [1.165, 1.54) is 49.6 Å². The van der Waals surface area contributed by atoms with Crippen LogP contribution in [0.15, 0.2) is 65.1 Å². The van der Waals surface area contributed by atoms with Crippen LogP contribution in [-0.4, -0.2) is 21.4 Å². The minimum absolute atomic E-state index is 0.0185. The number of halogens is 3. The smallest absolute Gasteiger partial charge is 0.339 e. The lowest BCUT2D eigenvalue weighted by atomic mass is 10.1. The first-order chi connectivity index (χ1) is 16.5. The van der Waals surface area contributed by atoms with Gasteiger partial charge in [0.25, 0.3) is 5.91 Å².